The highest BCUT2D eigenvalue weighted by molar-refractivity contribution is 5.85. The highest BCUT2D eigenvalue weighted by Gasteiger charge is 2.23. The molecule has 11 heavy (non-hydrogen) atoms. The van der Waals surface area contributed by atoms with Crippen LogP contribution in [0.2, 0.25) is 0 Å². The number of carboxylic acids is 1. The molecule has 1 fully saturated rings. The molecule has 4 heteroatoms. The number of hydrogen-bond acceptors (Lipinski definition) is 3. The molecule has 2 N–H and O–H groups in total. The molecule has 1 rings (SSSR count). The van der Waals surface area contributed by atoms with E-state index in [1.54, 1.807) is 0 Å². The fourth-order valence-electron chi connectivity index (χ4n) is 1.20. The van der Waals surface area contributed by atoms with E-state index in [2.05, 4.69) is 5.32 Å². The second-order valence-electron chi connectivity index (χ2n) is 2.72. The minimum absolute atomic E-state index is 0.0359. The summed E-state index contributed by atoms with van der Waals surface area (Å²) in [5, 5.41) is 11.4. The van der Waals surface area contributed by atoms with E-state index in [0.29, 0.717) is 19.5 Å². The molecule has 1 aliphatic heterocycles. The topological polar surface area (TPSA) is 66.4 Å². The van der Waals surface area contributed by atoms with Crippen LogP contribution in [-0.2, 0) is 9.59 Å². The predicted octanol–water partition coefficient (Wildman–Crippen LogP) is -0.360. The molecule has 4 nitrogen and oxygen atoms in total. The van der Waals surface area contributed by atoms with Crippen molar-refractivity contribution in [3.63, 3.8) is 0 Å². The number of nitrogens with one attached hydrogen (secondary N) is 1. The third-order valence-corrected chi connectivity index (χ3v) is 1.82. The van der Waals surface area contributed by atoms with Gasteiger partial charge in [-0.25, -0.2) is 0 Å². The zero-order valence-electron chi connectivity index (χ0n) is 6.17. The van der Waals surface area contributed by atoms with Crippen molar-refractivity contribution in [2.45, 2.75) is 12.8 Å². The van der Waals surface area contributed by atoms with Crippen molar-refractivity contribution < 1.29 is 14.7 Å². The molecule has 1 atom stereocenters. The van der Waals surface area contributed by atoms with Crippen molar-refractivity contribution in [3.8, 4) is 0 Å². The van der Waals surface area contributed by atoms with Gasteiger partial charge in [0.25, 0.3) is 0 Å². The van der Waals surface area contributed by atoms with Gasteiger partial charge in [-0.15, -0.1) is 0 Å². The summed E-state index contributed by atoms with van der Waals surface area (Å²) in [6.45, 7) is 1.21. The van der Waals surface area contributed by atoms with Gasteiger partial charge in [-0.2, -0.15) is 0 Å². The Morgan fingerprint density at radius 1 is 1.73 bits per heavy atom. The maximum atomic E-state index is 11.0. The first-order chi connectivity index (χ1) is 5.20. The number of piperidine rings is 1. The van der Waals surface area contributed by atoms with E-state index >= 15 is 0 Å². The normalized spacial score (nSPS) is 25.1. The predicted molar refractivity (Wildman–Crippen MR) is 38.2 cm³/mol. The summed E-state index contributed by atoms with van der Waals surface area (Å²) < 4.78 is 0. The number of ketones is 1. The Morgan fingerprint density at radius 3 is 3.00 bits per heavy atom. The summed E-state index contributed by atoms with van der Waals surface area (Å²) in [5.74, 6) is -1.13. The molecular formula is C7H11NO3. The van der Waals surface area contributed by atoms with E-state index in [9.17, 15) is 9.59 Å². The Bertz CT molecular complexity index is 179. The van der Waals surface area contributed by atoms with Crippen LogP contribution in [0.3, 0.4) is 0 Å². The zero-order valence-corrected chi connectivity index (χ0v) is 6.17. The van der Waals surface area contributed by atoms with Crippen LogP contribution in [0.1, 0.15) is 12.8 Å². The van der Waals surface area contributed by atoms with Gasteiger partial charge in [-0.05, 0) is 0 Å². The standard InChI is InChI=1S/C7H11NO3/c9-6-1-2-8-4-5(6)3-7(10)11/h5,8H,1-4H2,(H,10,11). The average molecular weight is 157 g/mol. The van der Waals surface area contributed by atoms with Crippen molar-refractivity contribution in [1.29, 1.82) is 0 Å². The van der Waals surface area contributed by atoms with Gasteiger partial charge >= 0.3 is 5.97 Å². The largest absolute Gasteiger partial charge is 0.481 e. The van der Waals surface area contributed by atoms with Crippen LogP contribution in [0.5, 0.6) is 0 Å². The molecule has 0 saturated carbocycles. The molecule has 0 aromatic carbocycles. The Balaban J connectivity index is 2.42. The molecular weight excluding hydrogens is 146 g/mol. The van der Waals surface area contributed by atoms with Crippen molar-refractivity contribution in [2.75, 3.05) is 13.1 Å². The lowest BCUT2D eigenvalue weighted by molar-refractivity contribution is -0.141. The molecule has 0 aromatic heterocycles. The molecule has 1 aliphatic rings. The van der Waals surface area contributed by atoms with Gasteiger partial charge in [0, 0.05) is 25.4 Å². The van der Waals surface area contributed by atoms with Crippen molar-refractivity contribution >= 4 is 11.8 Å². The van der Waals surface area contributed by atoms with Crippen LogP contribution < -0.4 is 5.32 Å². The van der Waals surface area contributed by atoms with E-state index in [1.165, 1.54) is 0 Å². The van der Waals surface area contributed by atoms with Gasteiger partial charge in [0.05, 0.1) is 6.42 Å². The van der Waals surface area contributed by atoms with Crippen molar-refractivity contribution in [3.05, 3.63) is 0 Å². The Hall–Kier alpha value is -0.900. The monoisotopic (exact) mass is 157 g/mol. The van der Waals surface area contributed by atoms with Gasteiger partial charge in [-0.1, -0.05) is 0 Å². The summed E-state index contributed by atoms with van der Waals surface area (Å²) in [5.41, 5.74) is 0. The average Bonchev–Trinajstić information content (AvgIpc) is 1.93. The van der Waals surface area contributed by atoms with Gasteiger partial charge in [-0.3, -0.25) is 9.59 Å². The van der Waals surface area contributed by atoms with Crippen LogP contribution in [0.25, 0.3) is 0 Å². The number of Topliss-reactive ketones (excluding diaryl/α,β-unsaturated/α-hetero) is 1. The van der Waals surface area contributed by atoms with Gasteiger partial charge in [0.1, 0.15) is 5.78 Å². The van der Waals surface area contributed by atoms with Crippen LogP contribution in [0.4, 0.5) is 0 Å². The summed E-state index contributed by atoms with van der Waals surface area (Å²) in [6, 6.07) is 0. The first-order valence-electron chi connectivity index (χ1n) is 3.65. The van der Waals surface area contributed by atoms with Gasteiger partial charge < -0.3 is 10.4 Å². The first-order valence-corrected chi connectivity index (χ1v) is 3.65. The maximum Gasteiger partial charge on any atom is 0.304 e. The van der Waals surface area contributed by atoms with E-state index in [4.69, 9.17) is 5.11 Å². The summed E-state index contributed by atoms with van der Waals surface area (Å²) in [7, 11) is 0. The van der Waals surface area contributed by atoms with Crippen LogP contribution in [-0.4, -0.2) is 29.9 Å². The van der Waals surface area contributed by atoms with E-state index in [0.717, 1.165) is 0 Å². The molecule has 0 spiro atoms. The lowest BCUT2D eigenvalue weighted by Crippen LogP contribution is -2.37. The van der Waals surface area contributed by atoms with Crippen molar-refractivity contribution in [2.24, 2.45) is 5.92 Å². The molecule has 62 valence electrons. The second-order valence-corrected chi connectivity index (χ2v) is 2.72. The highest BCUT2D eigenvalue weighted by Crippen LogP contribution is 2.09. The highest BCUT2D eigenvalue weighted by atomic mass is 16.4. The molecule has 1 unspecified atom stereocenters. The van der Waals surface area contributed by atoms with Gasteiger partial charge in [0.2, 0.25) is 0 Å². The summed E-state index contributed by atoms with van der Waals surface area (Å²) in [4.78, 5) is 21.3. The van der Waals surface area contributed by atoms with Gasteiger partial charge in [0.15, 0.2) is 0 Å². The molecule has 1 heterocycles. The molecule has 1 saturated heterocycles. The number of aliphatic carboxylic acids is 1. The minimum atomic E-state index is -0.896. The van der Waals surface area contributed by atoms with Crippen LogP contribution in [0.15, 0.2) is 0 Å². The number of carbonyl (C=O) groups excluding carboxylic acids is 1. The molecule has 0 bridgehead atoms. The summed E-state index contributed by atoms with van der Waals surface area (Å²) in [6.07, 6.45) is 0.434. The van der Waals surface area contributed by atoms with E-state index in [-0.39, 0.29) is 18.1 Å². The SMILES string of the molecule is O=C(O)CC1CNCCC1=O. The Morgan fingerprint density at radius 2 is 2.45 bits per heavy atom. The fraction of sp³-hybridized carbons (Fsp3) is 0.714. The summed E-state index contributed by atoms with van der Waals surface area (Å²) >= 11 is 0. The van der Waals surface area contributed by atoms with Crippen molar-refractivity contribution in [1.82, 2.24) is 5.32 Å². The lowest BCUT2D eigenvalue weighted by atomic mass is 9.95. The van der Waals surface area contributed by atoms with E-state index < -0.39 is 5.97 Å². The minimum Gasteiger partial charge on any atom is -0.481 e. The number of hydrogen-bond donors (Lipinski definition) is 2. The quantitative estimate of drug-likeness (QED) is 0.574. The van der Waals surface area contributed by atoms with Crippen LogP contribution in [0, 0.1) is 5.92 Å². The smallest absolute Gasteiger partial charge is 0.304 e. The number of carbonyl (C=O) groups is 2. The molecule has 0 radical (unpaired) electrons. The third kappa shape index (κ3) is 2.31. The zero-order chi connectivity index (χ0) is 8.27. The second kappa shape index (κ2) is 3.48. The number of rotatable bonds is 2. The van der Waals surface area contributed by atoms with Crippen LogP contribution >= 0.6 is 0 Å². The molecule has 0 aliphatic carbocycles. The lowest BCUT2D eigenvalue weighted by Gasteiger charge is -2.19. The fourth-order valence-corrected chi connectivity index (χ4v) is 1.20. The molecule has 0 amide bonds. The maximum absolute atomic E-state index is 11.0. The Kier molecular flexibility index (Phi) is 2.59. The number of carboxylic acid groups (broad SMARTS) is 1. The molecule has 0 aromatic rings. The van der Waals surface area contributed by atoms with E-state index in [1.807, 2.05) is 0 Å². The first kappa shape index (κ1) is 8.20. The Labute approximate surface area is 64.6 Å². The third-order valence-electron chi connectivity index (χ3n) is 1.82.